The van der Waals surface area contributed by atoms with Crippen LogP contribution in [-0.2, 0) is 6.42 Å². The van der Waals surface area contributed by atoms with Crippen LogP contribution in [-0.4, -0.2) is 9.97 Å². The number of hydrogen-bond donors (Lipinski definition) is 3. The standard InChI is InChI=1S/C18H18FN5/c1-2-12-7-3-5-9-14(12)23-17-16(20)18(22-11-21-17)24-15-10-6-4-8-13(15)19/h3-11H,2,20H2,1H3,(H2,21,22,23,24). The molecular formula is C18H18FN5. The first-order valence-electron chi connectivity index (χ1n) is 7.66. The second-order valence-electron chi connectivity index (χ2n) is 5.23. The van der Waals surface area contributed by atoms with Crippen LogP contribution in [0.2, 0.25) is 0 Å². The van der Waals surface area contributed by atoms with Crippen LogP contribution in [0.5, 0.6) is 0 Å². The molecule has 1 aromatic heterocycles. The molecule has 0 amide bonds. The maximum absolute atomic E-state index is 13.8. The van der Waals surface area contributed by atoms with Gasteiger partial charge in [-0.25, -0.2) is 14.4 Å². The van der Waals surface area contributed by atoms with Gasteiger partial charge in [0, 0.05) is 5.69 Å². The quantitative estimate of drug-likeness (QED) is 0.654. The van der Waals surface area contributed by atoms with Crippen LogP contribution in [0.15, 0.2) is 54.9 Å². The number of nitrogens with zero attached hydrogens (tertiary/aromatic N) is 2. The van der Waals surface area contributed by atoms with Crippen LogP contribution in [0.4, 0.5) is 33.1 Å². The zero-order valence-electron chi connectivity index (χ0n) is 13.3. The van der Waals surface area contributed by atoms with Gasteiger partial charge in [0.25, 0.3) is 0 Å². The number of hydrogen-bond acceptors (Lipinski definition) is 5. The Morgan fingerprint density at radius 1 is 0.917 bits per heavy atom. The molecule has 2 aromatic carbocycles. The van der Waals surface area contributed by atoms with Gasteiger partial charge in [-0.05, 0) is 30.2 Å². The van der Waals surface area contributed by atoms with Crippen molar-refractivity contribution in [1.82, 2.24) is 9.97 Å². The van der Waals surface area contributed by atoms with Crippen molar-refractivity contribution in [3.63, 3.8) is 0 Å². The summed E-state index contributed by atoms with van der Waals surface area (Å²) in [6.45, 7) is 2.08. The van der Waals surface area contributed by atoms with Crippen LogP contribution in [0.3, 0.4) is 0 Å². The van der Waals surface area contributed by atoms with Gasteiger partial charge >= 0.3 is 0 Å². The van der Waals surface area contributed by atoms with Crippen molar-refractivity contribution in [2.45, 2.75) is 13.3 Å². The van der Waals surface area contributed by atoms with Crippen LogP contribution >= 0.6 is 0 Å². The summed E-state index contributed by atoms with van der Waals surface area (Å²) in [5, 5.41) is 6.13. The Bertz CT molecular complexity index is 850. The molecule has 5 nitrogen and oxygen atoms in total. The number of aromatic nitrogens is 2. The summed E-state index contributed by atoms with van der Waals surface area (Å²) < 4.78 is 13.8. The minimum absolute atomic E-state index is 0.308. The van der Waals surface area contributed by atoms with E-state index in [0.717, 1.165) is 17.7 Å². The van der Waals surface area contributed by atoms with E-state index >= 15 is 0 Å². The lowest BCUT2D eigenvalue weighted by Crippen LogP contribution is -2.06. The number of nitrogen functional groups attached to an aromatic ring is 1. The molecule has 0 aliphatic rings. The second kappa shape index (κ2) is 6.95. The third-order valence-electron chi connectivity index (χ3n) is 3.66. The first-order chi connectivity index (χ1) is 11.7. The van der Waals surface area contributed by atoms with Crippen molar-refractivity contribution >= 4 is 28.7 Å². The monoisotopic (exact) mass is 323 g/mol. The highest BCUT2D eigenvalue weighted by molar-refractivity contribution is 5.80. The lowest BCUT2D eigenvalue weighted by atomic mass is 10.1. The van der Waals surface area contributed by atoms with E-state index in [9.17, 15) is 4.39 Å². The van der Waals surface area contributed by atoms with E-state index in [1.807, 2.05) is 24.3 Å². The van der Waals surface area contributed by atoms with E-state index in [0.29, 0.717) is 23.0 Å². The molecule has 3 aromatic rings. The molecule has 0 bridgehead atoms. The minimum atomic E-state index is -0.374. The van der Waals surface area contributed by atoms with E-state index in [4.69, 9.17) is 5.73 Å². The molecule has 24 heavy (non-hydrogen) atoms. The Morgan fingerprint density at radius 3 is 2.17 bits per heavy atom. The molecule has 0 spiro atoms. The molecular weight excluding hydrogens is 305 g/mol. The molecule has 0 aliphatic heterocycles. The molecule has 6 heteroatoms. The Balaban J connectivity index is 1.90. The number of nitrogens with two attached hydrogens (primary N) is 1. The molecule has 1 heterocycles. The Morgan fingerprint density at radius 2 is 1.50 bits per heavy atom. The third kappa shape index (κ3) is 3.27. The van der Waals surface area contributed by atoms with E-state index in [2.05, 4.69) is 27.5 Å². The van der Waals surface area contributed by atoms with Gasteiger partial charge in [0.15, 0.2) is 11.6 Å². The maximum Gasteiger partial charge on any atom is 0.159 e. The van der Waals surface area contributed by atoms with Crippen molar-refractivity contribution in [2.75, 3.05) is 16.4 Å². The number of rotatable bonds is 5. The van der Waals surface area contributed by atoms with E-state index < -0.39 is 0 Å². The predicted molar refractivity (Wildman–Crippen MR) is 95.2 cm³/mol. The molecule has 0 fully saturated rings. The van der Waals surface area contributed by atoms with Crippen LogP contribution < -0.4 is 16.4 Å². The van der Waals surface area contributed by atoms with Crippen molar-refractivity contribution in [2.24, 2.45) is 0 Å². The number of para-hydroxylation sites is 2. The number of nitrogens with one attached hydrogen (secondary N) is 2. The molecule has 0 radical (unpaired) electrons. The largest absolute Gasteiger partial charge is 0.393 e. The average Bonchev–Trinajstić information content (AvgIpc) is 2.61. The fraction of sp³-hybridized carbons (Fsp3) is 0.111. The second-order valence-corrected chi connectivity index (χ2v) is 5.23. The summed E-state index contributed by atoms with van der Waals surface area (Å²) in [5.41, 5.74) is 8.87. The minimum Gasteiger partial charge on any atom is -0.393 e. The summed E-state index contributed by atoms with van der Waals surface area (Å²) in [5.74, 6) is 0.456. The first-order valence-corrected chi connectivity index (χ1v) is 7.66. The topological polar surface area (TPSA) is 75.9 Å². The SMILES string of the molecule is CCc1ccccc1Nc1ncnc(Nc2ccccc2F)c1N. The third-order valence-corrected chi connectivity index (χ3v) is 3.66. The molecule has 122 valence electrons. The van der Waals surface area contributed by atoms with Gasteiger partial charge in [0.05, 0.1) is 5.69 Å². The lowest BCUT2D eigenvalue weighted by molar-refractivity contribution is 0.632. The molecule has 0 saturated carbocycles. The molecule has 0 aliphatic carbocycles. The zero-order chi connectivity index (χ0) is 16.9. The van der Waals surface area contributed by atoms with E-state index in [1.165, 1.54) is 12.4 Å². The van der Waals surface area contributed by atoms with Crippen LogP contribution in [0.1, 0.15) is 12.5 Å². The van der Waals surface area contributed by atoms with Gasteiger partial charge in [-0.3, -0.25) is 0 Å². The fourth-order valence-corrected chi connectivity index (χ4v) is 2.36. The Kier molecular flexibility index (Phi) is 4.56. The van der Waals surface area contributed by atoms with Gasteiger partial charge in [0.1, 0.15) is 17.8 Å². The predicted octanol–water partition coefficient (Wildman–Crippen LogP) is 4.25. The highest BCUT2D eigenvalue weighted by Crippen LogP contribution is 2.29. The van der Waals surface area contributed by atoms with Gasteiger partial charge in [-0.15, -0.1) is 0 Å². The maximum atomic E-state index is 13.8. The lowest BCUT2D eigenvalue weighted by Gasteiger charge is -2.14. The Labute approximate surface area is 139 Å². The van der Waals surface area contributed by atoms with Crippen molar-refractivity contribution in [3.8, 4) is 0 Å². The first kappa shape index (κ1) is 15.7. The smallest absolute Gasteiger partial charge is 0.159 e. The summed E-state index contributed by atoms with van der Waals surface area (Å²) in [6, 6.07) is 14.3. The van der Waals surface area contributed by atoms with Gasteiger partial charge in [-0.2, -0.15) is 0 Å². The molecule has 4 N–H and O–H groups in total. The normalized spacial score (nSPS) is 10.4. The molecule has 0 unspecified atom stereocenters. The number of anilines is 5. The van der Waals surface area contributed by atoms with Crippen LogP contribution in [0, 0.1) is 5.82 Å². The number of halogens is 1. The fourth-order valence-electron chi connectivity index (χ4n) is 2.36. The van der Waals surface area contributed by atoms with Crippen LogP contribution in [0.25, 0.3) is 0 Å². The highest BCUT2D eigenvalue weighted by atomic mass is 19.1. The highest BCUT2D eigenvalue weighted by Gasteiger charge is 2.11. The van der Waals surface area contributed by atoms with Gasteiger partial charge in [0.2, 0.25) is 0 Å². The summed E-state index contributed by atoms with van der Waals surface area (Å²) in [4.78, 5) is 8.30. The summed E-state index contributed by atoms with van der Waals surface area (Å²) >= 11 is 0. The molecule has 3 rings (SSSR count). The van der Waals surface area contributed by atoms with Gasteiger partial charge < -0.3 is 16.4 Å². The summed E-state index contributed by atoms with van der Waals surface area (Å²) in [6.07, 6.45) is 2.27. The van der Waals surface area contributed by atoms with Crippen molar-refractivity contribution in [3.05, 3.63) is 66.2 Å². The van der Waals surface area contributed by atoms with E-state index in [1.54, 1.807) is 18.2 Å². The van der Waals surface area contributed by atoms with E-state index in [-0.39, 0.29) is 5.82 Å². The van der Waals surface area contributed by atoms with Crippen molar-refractivity contribution in [1.29, 1.82) is 0 Å². The summed E-state index contributed by atoms with van der Waals surface area (Å²) in [7, 11) is 0. The number of benzene rings is 2. The number of aryl methyl sites for hydroxylation is 1. The molecule has 0 saturated heterocycles. The van der Waals surface area contributed by atoms with Crippen molar-refractivity contribution < 1.29 is 4.39 Å². The molecule has 0 atom stereocenters. The van der Waals surface area contributed by atoms with Gasteiger partial charge in [-0.1, -0.05) is 37.3 Å². The Hall–Kier alpha value is -3.15. The zero-order valence-corrected chi connectivity index (χ0v) is 13.3. The average molecular weight is 323 g/mol.